The van der Waals surface area contributed by atoms with Gasteiger partial charge in [-0.05, 0) is 43.2 Å². The van der Waals surface area contributed by atoms with Gasteiger partial charge in [0.1, 0.15) is 11.8 Å². The smallest absolute Gasteiger partial charge is 0.243 e. The third kappa shape index (κ3) is 6.74. The summed E-state index contributed by atoms with van der Waals surface area (Å²) < 4.78 is 7.56. The van der Waals surface area contributed by atoms with Gasteiger partial charge in [0.05, 0.1) is 6.04 Å². The number of para-hydroxylation sites is 1. The normalized spacial score (nSPS) is 13.4. The predicted molar refractivity (Wildman–Crippen MR) is 153 cm³/mol. The van der Waals surface area contributed by atoms with Crippen molar-refractivity contribution in [2.45, 2.75) is 53.5 Å². The van der Waals surface area contributed by atoms with Crippen LogP contribution in [0.25, 0.3) is 17.0 Å². The average Bonchev–Trinajstić information content (AvgIpc) is 3.44. The van der Waals surface area contributed by atoms with Gasteiger partial charge in [-0.15, -0.1) is 10.2 Å². The van der Waals surface area contributed by atoms with Crippen LogP contribution in [0.1, 0.15) is 47.5 Å². The van der Waals surface area contributed by atoms with Crippen LogP contribution in [-0.2, 0) is 4.79 Å². The van der Waals surface area contributed by atoms with Crippen LogP contribution in [-0.4, -0.2) is 45.0 Å². The lowest BCUT2D eigenvalue weighted by atomic mass is 9.84. The fraction of sp³-hybridized carbons (Fsp3) is 0.414. The Labute approximate surface area is 229 Å². The first-order valence-electron chi connectivity index (χ1n) is 13.0. The molecule has 0 aliphatic rings. The molecule has 4 aromatic rings. The number of rotatable bonds is 11. The molecule has 2 atom stereocenters. The van der Waals surface area contributed by atoms with Crippen LogP contribution >= 0.6 is 11.6 Å². The molecule has 0 fully saturated rings. The average molecular weight is 537 g/mol. The Hall–Kier alpha value is -3.36. The highest BCUT2D eigenvalue weighted by Gasteiger charge is 2.24. The molecule has 0 aliphatic carbocycles. The molecule has 4 rings (SSSR count). The highest BCUT2D eigenvalue weighted by molar-refractivity contribution is 6.34. The minimum Gasteiger partial charge on any atom is -0.461 e. The summed E-state index contributed by atoms with van der Waals surface area (Å²) in [4.78, 5) is 15.4. The standard InChI is InChI=1S/C29H37ClN6O2/c1-20(18-29(3,4)5)16-17-35(23-14-10-7-11-15-23)28(37)21(2)31-19-38-27-24(30)26-33-32-25(36(26)34-27)22-12-8-6-9-13-22/h6-15,20-21,31,34H,16-19H2,1-5H3. The Morgan fingerprint density at radius 1 is 1.08 bits per heavy atom. The van der Waals surface area contributed by atoms with Crippen molar-refractivity contribution in [1.82, 2.24) is 25.1 Å². The van der Waals surface area contributed by atoms with Crippen molar-refractivity contribution in [3.8, 4) is 17.3 Å². The van der Waals surface area contributed by atoms with Gasteiger partial charge in [-0.25, -0.2) is 4.52 Å². The summed E-state index contributed by atoms with van der Waals surface area (Å²) in [5, 5.41) is 15.0. The van der Waals surface area contributed by atoms with E-state index in [0.717, 1.165) is 24.1 Å². The van der Waals surface area contributed by atoms with Crippen molar-refractivity contribution in [1.29, 1.82) is 0 Å². The lowest BCUT2D eigenvalue weighted by Crippen LogP contribution is -2.46. The number of anilines is 1. The number of fused-ring (bicyclic) bond motifs is 1. The van der Waals surface area contributed by atoms with Crippen molar-refractivity contribution in [2.75, 3.05) is 18.2 Å². The molecule has 8 nitrogen and oxygen atoms in total. The minimum absolute atomic E-state index is 0.00860. The van der Waals surface area contributed by atoms with Gasteiger partial charge < -0.3 is 9.64 Å². The second kappa shape index (κ2) is 12.0. The van der Waals surface area contributed by atoms with Crippen molar-refractivity contribution in [3.05, 3.63) is 65.7 Å². The Bertz CT molecular complexity index is 1330. The van der Waals surface area contributed by atoms with Crippen LogP contribution in [0.2, 0.25) is 5.02 Å². The van der Waals surface area contributed by atoms with Crippen molar-refractivity contribution in [3.63, 3.8) is 0 Å². The predicted octanol–water partition coefficient (Wildman–Crippen LogP) is 6.19. The highest BCUT2D eigenvalue weighted by atomic mass is 35.5. The molecule has 0 bridgehead atoms. The second-order valence-electron chi connectivity index (χ2n) is 11.0. The molecule has 9 heteroatoms. The van der Waals surface area contributed by atoms with Gasteiger partial charge in [0, 0.05) is 17.8 Å². The Morgan fingerprint density at radius 2 is 1.74 bits per heavy atom. The van der Waals surface area contributed by atoms with E-state index in [9.17, 15) is 4.79 Å². The summed E-state index contributed by atoms with van der Waals surface area (Å²) in [7, 11) is 0. The Balaban J connectivity index is 1.39. The van der Waals surface area contributed by atoms with E-state index in [2.05, 4.69) is 48.3 Å². The minimum atomic E-state index is -0.465. The number of aromatic nitrogens is 4. The molecule has 0 radical (unpaired) electrons. The Kier molecular flexibility index (Phi) is 8.74. The number of nitrogens with one attached hydrogen (secondary N) is 2. The molecule has 202 valence electrons. The molecule has 0 aliphatic heterocycles. The van der Waals surface area contributed by atoms with Gasteiger partial charge in [0.15, 0.2) is 11.5 Å². The zero-order valence-electron chi connectivity index (χ0n) is 22.7. The van der Waals surface area contributed by atoms with E-state index >= 15 is 0 Å². The highest BCUT2D eigenvalue weighted by Crippen LogP contribution is 2.30. The molecule has 38 heavy (non-hydrogen) atoms. The number of nitrogens with zero attached hydrogens (tertiary/aromatic N) is 4. The molecule has 2 aromatic carbocycles. The zero-order chi connectivity index (χ0) is 27.3. The van der Waals surface area contributed by atoms with E-state index < -0.39 is 6.04 Å². The van der Waals surface area contributed by atoms with Crippen LogP contribution in [0.3, 0.4) is 0 Å². The van der Waals surface area contributed by atoms with Crippen LogP contribution in [0, 0.1) is 11.3 Å². The van der Waals surface area contributed by atoms with Gasteiger partial charge in [-0.3, -0.25) is 15.2 Å². The topological polar surface area (TPSA) is 87.6 Å². The lowest BCUT2D eigenvalue weighted by Gasteiger charge is -2.29. The molecule has 2 heterocycles. The number of halogens is 1. The number of H-pyrrole nitrogens is 1. The lowest BCUT2D eigenvalue weighted by molar-refractivity contribution is -0.120. The Morgan fingerprint density at radius 3 is 2.39 bits per heavy atom. The van der Waals surface area contributed by atoms with E-state index in [-0.39, 0.29) is 18.1 Å². The zero-order valence-corrected chi connectivity index (χ0v) is 23.5. The van der Waals surface area contributed by atoms with Crippen LogP contribution < -0.4 is 15.0 Å². The van der Waals surface area contributed by atoms with E-state index in [1.807, 2.05) is 72.5 Å². The van der Waals surface area contributed by atoms with E-state index in [1.165, 1.54) is 0 Å². The maximum atomic E-state index is 13.5. The molecular weight excluding hydrogens is 500 g/mol. The molecule has 0 saturated heterocycles. The summed E-state index contributed by atoms with van der Waals surface area (Å²) in [6, 6.07) is 19.1. The number of carbonyl (C=O) groups excluding carboxylic acids is 1. The number of hydrogen-bond donors (Lipinski definition) is 2. The first-order chi connectivity index (χ1) is 18.1. The molecule has 2 aromatic heterocycles. The summed E-state index contributed by atoms with van der Waals surface area (Å²) in [6.45, 7) is 11.6. The number of benzene rings is 2. The first kappa shape index (κ1) is 27.7. The first-order valence-corrected chi connectivity index (χ1v) is 13.4. The summed E-state index contributed by atoms with van der Waals surface area (Å²) in [5.41, 5.74) is 2.53. The van der Waals surface area contributed by atoms with Crippen molar-refractivity contribution >= 4 is 28.8 Å². The molecule has 0 spiro atoms. The van der Waals surface area contributed by atoms with E-state index in [0.29, 0.717) is 34.8 Å². The summed E-state index contributed by atoms with van der Waals surface area (Å²) in [6.07, 6.45) is 2.03. The number of ether oxygens (including phenoxy) is 1. The van der Waals surface area contributed by atoms with Gasteiger partial charge in [-0.1, -0.05) is 87.8 Å². The maximum absolute atomic E-state index is 13.5. The molecule has 0 saturated carbocycles. The fourth-order valence-corrected chi connectivity index (χ4v) is 4.90. The van der Waals surface area contributed by atoms with E-state index in [4.69, 9.17) is 16.3 Å². The third-order valence-electron chi connectivity index (χ3n) is 6.42. The van der Waals surface area contributed by atoms with Crippen LogP contribution in [0.4, 0.5) is 5.69 Å². The fourth-order valence-electron chi connectivity index (χ4n) is 4.69. The second-order valence-corrected chi connectivity index (χ2v) is 11.4. The molecule has 2 N–H and O–H groups in total. The van der Waals surface area contributed by atoms with Crippen molar-refractivity contribution < 1.29 is 9.53 Å². The number of carbonyl (C=O) groups is 1. The quantitative estimate of drug-likeness (QED) is 0.223. The van der Waals surface area contributed by atoms with Crippen LogP contribution in [0.5, 0.6) is 5.88 Å². The monoisotopic (exact) mass is 536 g/mol. The summed E-state index contributed by atoms with van der Waals surface area (Å²) >= 11 is 6.50. The van der Waals surface area contributed by atoms with Gasteiger partial charge >= 0.3 is 0 Å². The van der Waals surface area contributed by atoms with Gasteiger partial charge in [0.25, 0.3) is 0 Å². The maximum Gasteiger partial charge on any atom is 0.243 e. The van der Waals surface area contributed by atoms with Gasteiger partial charge in [-0.2, -0.15) is 0 Å². The molecule has 2 unspecified atom stereocenters. The largest absolute Gasteiger partial charge is 0.461 e. The number of hydrogen-bond acceptors (Lipinski definition) is 5. The van der Waals surface area contributed by atoms with E-state index in [1.54, 1.807) is 4.52 Å². The summed E-state index contributed by atoms with van der Waals surface area (Å²) in [5.74, 6) is 1.49. The number of amides is 1. The SMILES string of the molecule is CC(CCN(C(=O)C(C)NCOc1[nH]n2c(-c3ccccc3)nnc2c1Cl)c1ccccc1)CC(C)(C)C. The van der Waals surface area contributed by atoms with Gasteiger partial charge in [0.2, 0.25) is 11.8 Å². The number of aromatic amines is 1. The van der Waals surface area contributed by atoms with Crippen LogP contribution in [0.15, 0.2) is 60.7 Å². The molecule has 1 amide bonds. The third-order valence-corrected chi connectivity index (χ3v) is 6.76. The van der Waals surface area contributed by atoms with Crippen molar-refractivity contribution in [2.24, 2.45) is 11.3 Å². The molecular formula is C29H37ClN6O2.